The van der Waals surface area contributed by atoms with E-state index in [-0.39, 0.29) is 11.9 Å². The van der Waals surface area contributed by atoms with Gasteiger partial charge in [-0.3, -0.25) is 5.41 Å². The van der Waals surface area contributed by atoms with Crippen LogP contribution in [-0.2, 0) is 4.74 Å². The van der Waals surface area contributed by atoms with Crippen molar-refractivity contribution in [3.8, 4) is 0 Å². The summed E-state index contributed by atoms with van der Waals surface area (Å²) in [6, 6.07) is 3.69. The fraction of sp³-hybridized carbons (Fsp3) is 0.538. The Balaban J connectivity index is 2.80. The van der Waals surface area contributed by atoms with Gasteiger partial charge in [-0.2, -0.15) is 0 Å². The highest BCUT2D eigenvalue weighted by Crippen LogP contribution is 2.16. The van der Waals surface area contributed by atoms with Gasteiger partial charge < -0.3 is 15.4 Å². The van der Waals surface area contributed by atoms with Gasteiger partial charge in [0.25, 0.3) is 0 Å². The maximum atomic E-state index is 7.57. The molecule has 0 aliphatic carbocycles. The molecular weight excluding hydrogens is 228 g/mol. The van der Waals surface area contributed by atoms with Gasteiger partial charge in [-0.1, -0.05) is 0 Å². The predicted molar refractivity (Wildman–Crippen MR) is 74.3 cm³/mol. The molecule has 1 rings (SSSR count). The number of amidine groups is 1. The number of aromatic nitrogens is 1. The molecule has 5 nitrogen and oxygen atoms in total. The third-order valence-corrected chi connectivity index (χ3v) is 2.54. The van der Waals surface area contributed by atoms with Crippen molar-refractivity contribution in [2.75, 3.05) is 25.1 Å². The zero-order valence-corrected chi connectivity index (χ0v) is 11.5. The first-order chi connectivity index (χ1) is 8.41. The number of rotatable bonds is 6. The van der Waals surface area contributed by atoms with Gasteiger partial charge in [0.05, 0.1) is 18.3 Å². The molecule has 18 heavy (non-hydrogen) atoms. The molecule has 0 bridgehead atoms. The molecule has 0 radical (unpaired) electrons. The number of nitrogens with two attached hydrogens (primary N) is 1. The summed E-state index contributed by atoms with van der Waals surface area (Å²) in [6.07, 6.45) is 0.219. The highest BCUT2D eigenvalue weighted by Gasteiger charge is 2.11. The first kappa shape index (κ1) is 14.4. The van der Waals surface area contributed by atoms with Crippen LogP contribution in [0.4, 0.5) is 5.82 Å². The molecule has 0 spiro atoms. The average Bonchev–Trinajstić information content (AvgIpc) is 2.27. The number of hydrogen-bond acceptors (Lipinski definition) is 4. The van der Waals surface area contributed by atoms with Gasteiger partial charge in [-0.15, -0.1) is 0 Å². The van der Waals surface area contributed by atoms with Crippen molar-refractivity contribution in [2.45, 2.75) is 26.9 Å². The molecular formula is C13H22N4O. The maximum absolute atomic E-state index is 7.57. The predicted octanol–water partition coefficient (Wildman–Crippen LogP) is 1.54. The molecule has 0 atom stereocenters. The molecule has 0 unspecified atom stereocenters. The lowest BCUT2D eigenvalue weighted by Gasteiger charge is -2.21. The van der Waals surface area contributed by atoms with Crippen molar-refractivity contribution in [1.82, 2.24) is 4.98 Å². The topological polar surface area (TPSA) is 75.2 Å². The number of pyridine rings is 1. The van der Waals surface area contributed by atoms with Crippen LogP contribution in [0.3, 0.4) is 0 Å². The van der Waals surface area contributed by atoms with Gasteiger partial charge in [0.15, 0.2) is 0 Å². The summed E-state index contributed by atoms with van der Waals surface area (Å²) >= 11 is 0. The van der Waals surface area contributed by atoms with E-state index in [0.717, 1.165) is 18.1 Å². The van der Waals surface area contributed by atoms with Crippen LogP contribution in [0, 0.1) is 12.3 Å². The molecule has 1 heterocycles. The first-order valence-corrected chi connectivity index (χ1v) is 6.06. The van der Waals surface area contributed by atoms with Crippen LogP contribution in [-0.4, -0.2) is 37.1 Å². The molecule has 0 aromatic carbocycles. The fourth-order valence-corrected chi connectivity index (χ4v) is 1.58. The molecule has 0 saturated carbocycles. The minimum Gasteiger partial charge on any atom is -0.384 e. The van der Waals surface area contributed by atoms with Crippen molar-refractivity contribution in [2.24, 2.45) is 5.73 Å². The first-order valence-electron chi connectivity index (χ1n) is 6.06. The van der Waals surface area contributed by atoms with E-state index >= 15 is 0 Å². The summed E-state index contributed by atoms with van der Waals surface area (Å²) in [5.74, 6) is 0.768. The smallest absolute Gasteiger partial charge is 0.139 e. The molecule has 0 saturated heterocycles. The normalized spacial score (nSPS) is 10.7. The van der Waals surface area contributed by atoms with Gasteiger partial charge in [0.2, 0.25) is 0 Å². The van der Waals surface area contributed by atoms with Gasteiger partial charge in [-0.05, 0) is 32.9 Å². The Hall–Kier alpha value is -1.62. The van der Waals surface area contributed by atoms with Crippen molar-refractivity contribution in [3.05, 3.63) is 23.4 Å². The van der Waals surface area contributed by atoms with E-state index in [0.29, 0.717) is 12.2 Å². The lowest BCUT2D eigenvalue weighted by molar-refractivity contribution is 0.0845. The second-order valence-corrected chi connectivity index (χ2v) is 4.58. The van der Waals surface area contributed by atoms with Crippen molar-refractivity contribution < 1.29 is 4.74 Å². The van der Waals surface area contributed by atoms with Crippen LogP contribution in [0.25, 0.3) is 0 Å². The Bertz CT molecular complexity index is 417. The van der Waals surface area contributed by atoms with Crippen LogP contribution >= 0.6 is 0 Å². The summed E-state index contributed by atoms with van der Waals surface area (Å²) < 4.78 is 5.51. The SMILES string of the molecule is Cc1ccc(C(=N)N)c(N(C)CCOC(C)C)n1. The molecule has 0 aliphatic rings. The highest BCUT2D eigenvalue weighted by atomic mass is 16.5. The summed E-state index contributed by atoms with van der Waals surface area (Å²) in [4.78, 5) is 6.41. The lowest BCUT2D eigenvalue weighted by atomic mass is 10.2. The molecule has 0 amide bonds. The minimum atomic E-state index is 0.0362. The number of hydrogen-bond donors (Lipinski definition) is 2. The van der Waals surface area contributed by atoms with E-state index < -0.39 is 0 Å². The zero-order chi connectivity index (χ0) is 13.7. The largest absolute Gasteiger partial charge is 0.384 e. The molecule has 1 aromatic rings. The minimum absolute atomic E-state index is 0.0362. The summed E-state index contributed by atoms with van der Waals surface area (Å²) in [6.45, 7) is 7.28. The summed E-state index contributed by atoms with van der Waals surface area (Å²) in [7, 11) is 1.93. The Morgan fingerprint density at radius 1 is 1.50 bits per heavy atom. The number of nitrogen functional groups attached to an aromatic ring is 1. The van der Waals surface area contributed by atoms with Gasteiger partial charge in [-0.25, -0.2) is 4.98 Å². The van der Waals surface area contributed by atoms with E-state index in [2.05, 4.69) is 4.98 Å². The van der Waals surface area contributed by atoms with E-state index in [1.165, 1.54) is 0 Å². The summed E-state index contributed by atoms with van der Waals surface area (Å²) in [5.41, 5.74) is 7.13. The van der Waals surface area contributed by atoms with Crippen molar-refractivity contribution in [3.63, 3.8) is 0 Å². The van der Waals surface area contributed by atoms with Crippen LogP contribution < -0.4 is 10.6 Å². The second kappa shape index (κ2) is 6.35. The highest BCUT2D eigenvalue weighted by molar-refractivity contribution is 5.99. The lowest BCUT2D eigenvalue weighted by Crippen LogP contribution is -2.28. The third-order valence-electron chi connectivity index (χ3n) is 2.54. The molecule has 1 aromatic heterocycles. The third kappa shape index (κ3) is 4.00. The second-order valence-electron chi connectivity index (χ2n) is 4.58. The Morgan fingerprint density at radius 3 is 2.72 bits per heavy atom. The van der Waals surface area contributed by atoms with E-state index in [4.69, 9.17) is 15.9 Å². The van der Waals surface area contributed by atoms with Crippen LogP contribution in [0.1, 0.15) is 25.1 Å². The van der Waals surface area contributed by atoms with E-state index in [1.807, 2.05) is 44.9 Å². The molecule has 3 N–H and O–H groups in total. The molecule has 5 heteroatoms. The van der Waals surface area contributed by atoms with Crippen LogP contribution in [0.15, 0.2) is 12.1 Å². The number of nitrogens with zero attached hydrogens (tertiary/aromatic N) is 2. The van der Waals surface area contributed by atoms with Crippen molar-refractivity contribution >= 4 is 11.7 Å². The van der Waals surface area contributed by atoms with Crippen LogP contribution in [0.2, 0.25) is 0 Å². The number of likely N-dealkylation sites (N-methyl/N-ethyl adjacent to an activating group) is 1. The summed E-state index contributed by atoms with van der Waals surface area (Å²) in [5, 5.41) is 7.57. The van der Waals surface area contributed by atoms with E-state index in [9.17, 15) is 0 Å². The van der Waals surface area contributed by atoms with Gasteiger partial charge in [0.1, 0.15) is 11.7 Å². The average molecular weight is 250 g/mol. The van der Waals surface area contributed by atoms with E-state index in [1.54, 1.807) is 0 Å². The standard InChI is InChI=1S/C13H22N4O/c1-9(2)18-8-7-17(4)13-11(12(14)15)6-5-10(3)16-13/h5-6,9H,7-8H2,1-4H3,(H3,14,15). The molecule has 0 fully saturated rings. The Kier molecular flexibility index (Phi) is 5.09. The van der Waals surface area contributed by atoms with Gasteiger partial charge >= 0.3 is 0 Å². The quantitative estimate of drug-likeness (QED) is 0.593. The monoisotopic (exact) mass is 250 g/mol. The van der Waals surface area contributed by atoms with Crippen LogP contribution in [0.5, 0.6) is 0 Å². The Labute approximate surface area is 108 Å². The zero-order valence-electron chi connectivity index (χ0n) is 11.5. The molecule has 100 valence electrons. The van der Waals surface area contributed by atoms with Crippen molar-refractivity contribution in [1.29, 1.82) is 5.41 Å². The fourth-order valence-electron chi connectivity index (χ4n) is 1.58. The Morgan fingerprint density at radius 2 is 2.17 bits per heavy atom. The number of anilines is 1. The number of aryl methyl sites for hydroxylation is 1. The maximum Gasteiger partial charge on any atom is 0.139 e. The van der Waals surface area contributed by atoms with Gasteiger partial charge in [0, 0.05) is 19.3 Å². The number of nitrogens with one attached hydrogen (secondary N) is 1. The molecule has 0 aliphatic heterocycles. The number of ether oxygens (including phenoxy) is 1.